The molecule has 116 valence electrons. The van der Waals surface area contributed by atoms with Crippen LogP contribution in [-0.2, 0) is 0 Å². The Hall–Kier alpha value is -0.0800. The van der Waals surface area contributed by atoms with Gasteiger partial charge in [0.05, 0.1) is 0 Å². The van der Waals surface area contributed by atoms with Crippen molar-refractivity contribution < 1.29 is 0 Å². The van der Waals surface area contributed by atoms with Gasteiger partial charge in [-0.3, -0.25) is 4.90 Å². The van der Waals surface area contributed by atoms with Crippen LogP contribution in [0.15, 0.2) is 0 Å². The fourth-order valence-electron chi connectivity index (χ4n) is 3.29. The largest absolute Gasteiger partial charge is 0.304 e. The molecular formula is C17H38N2. The van der Waals surface area contributed by atoms with Crippen molar-refractivity contribution >= 4 is 0 Å². The molecule has 0 rings (SSSR count). The average molecular weight is 271 g/mol. The molecule has 0 saturated carbocycles. The molecule has 0 aromatic heterocycles. The quantitative estimate of drug-likeness (QED) is 0.682. The molecule has 0 bridgehead atoms. The molecule has 0 atom stereocenters. The summed E-state index contributed by atoms with van der Waals surface area (Å²) in [5, 5.41) is 0. The van der Waals surface area contributed by atoms with E-state index in [1.54, 1.807) is 0 Å². The fourth-order valence-corrected chi connectivity index (χ4v) is 3.29. The van der Waals surface area contributed by atoms with Gasteiger partial charge < -0.3 is 4.90 Å². The molecule has 0 aliphatic carbocycles. The zero-order valence-corrected chi connectivity index (χ0v) is 15.4. The molecular weight excluding hydrogens is 232 g/mol. The van der Waals surface area contributed by atoms with Gasteiger partial charge in [0.25, 0.3) is 0 Å². The van der Waals surface area contributed by atoms with Crippen LogP contribution in [0, 0.1) is 5.92 Å². The van der Waals surface area contributed by atoms with E-state index in [1.807, 2.05) is 0 Å². The molecule has 0 saturated heterocycles. The highest BCUT2D eigenvalue weighted by Crippen LogP contribution is 2.34. The lowest BCUT2D eigenvalue weighted by Crippen LogP contribution is -2.57. The lowest BCUT2D eigenvalue weighted by Gasteiger charge is -2.51. The number of hydrogen-bond donors (Lipinski definition) is 0. The van der Waals surface area contributed by atoms with Crippen LogP contribution >= 0.6 is 0 Å². The van der Waals surface area contributed by atoms with Gasteiger partial charge in [-0.25, -0.2) is 0 Å². The van der Waals surface area contributed by atoms with Crippen molar-refractivity contribution in [3.63, 3.8) is 0 Å². The average Bonchev–Trinajstić information content (AvgIpc) is 2.12. The van der Waals surface area contributed by atoms with E-state index in [9.17, 15) is 0 Å². The second-order valence-corrected chi connectivity index (χ2v) is 8.67. The first-order valence-electron chi connectivity index (χ1n) is 7.64. The molecule has 19 heavy (non-hydrogen) atoms. The van der Waals surface area contributed by atoms with Crippen LogP contribution in [0.4, 0.5) is 0 Å². The maximum absolute atomic E-state index is 2.57. The number of rotatable bonds is 7. The third kappa shape index (κ3) is 5.43. The standard InChI is InChI=1S/C17H38N2/c1-14(2)12-15(3,4)19(11)17(7,8)13-16(5,6)18(9)10/h14H,12-13H2,1-11H3. The van der Waals surface area contributed by atoms with Crippen LogP contribution in [0.25, 0.3) is 0 Å². The molecule has 0 amide bonds. The zero-order valence-electron chi connectivity index (χ0n) is 15.4. The zero-order chi connectivity index (χ0) is 15.6. The predicted octanol–water partition coefficient (Wildman–Crippen LogP) is 4.25. The topological polar surface area (TPSA) is 6.48 Å². The summed E-state index contributed by atoms with van der Waals surface area (Å²) in [4.78, 5) is 4.91. The maximum Gasteiger partial charge on any atom is 0.0172 e. The van der Waals surface area contributed by atoms with Crippen LogP contribution in [0.2, 0.25) is 0 Å². The van der Waals surface area contributed by atoms with Crippen molar-refractivity contribution in [3.8, 4) is 0 Å². The summed E-state index contributed by atoms with van der Waals surface area (Å²) in [7, 11) is 6.64. The number of nitrogens with zero attached hydrogens (tertiary/aromatic N) is 2. The van der Waals surface area contributed by atoms with E-state index in [0.717, 1.165) is 12.3 Å². The Morgan fingerprint density at radius 3 is 1.47 bits per heavy atom. The van der Waals surface area contributed by atoms with Gasteiger partial charge in [-0.15, -0.1) is 0 Å². The molecule has 0 aliphatic heterocycles. The Morgan fingerprint density at radius 1 is 0.737 bits per heavy atom. The molecule has 0 aliphatic rings. The summed E-state index contributed by atoms with van der Waals surface area (Å²) in [5.41, 5.74) is 0.637. The summed E-state index contributed by atoms with van der Waals surface area (Å²) in [6, 6.07) is 0. The third-order valence-corrected chi connectivity index (χ3v) is 4.80. The van der Waals surface area contributed by atoms with Crippen molar-refractivity contribution in [2.45, 2.75) is 84.8 Å². The molecule has 2 nitrogen and oxygen atoms in total. The van der Waals surface area contributed by atoms with E-state index in [4.69, 9.17) is 0 Å². The van der Waals surface area contributed by atoms with Crippen molar-refractivity contribution in [2.75, 3.05) is 21.1 Å². The minimum absolute atomic E-state index is 0.187. The van der Waals surface area contributed by atoms with Gasteiger partial charge in [0.1, 0.15) is 0 Å². The van der Waals surface area contributed by atoms with Gasteiger partial charge in [0.2, 0.25) is 0 Å². The van der Waals surface area contributed by atoms with Crippen LogP contribution in [-0.4, -0.2) is 47.6 Å². The lowest BCUT2D eigenvalue weighted by atomic mass is 9.80. The first-order valence-corrected chi connectivity index (χ1v) is 7.64. The van der Waals surface area contributed by atoms with Crippen LogP contribution in [0.3, 0.4) is 0 Å². The third-order valence-electron chi connectivity index (χ3n) is 4.80. The van der Waals surface area contributed by atoms with Crippen molar-refractivity contribution in [1.82, 2.24) is 9.80 Å². The Kier molecular flexibility index (Phi) is 6.11. The molecule has 0 aromatic rings. The molecule has 2 heteroatoms. The Bertz CT molecular complexity index is 275. The molecule has 0 heterocycles. The van der Waals surface area contributed by atoms with Crippen molar-refractivity contribution in [3.05, 3.63) is 0 Å². The van der Waals surface area contributed by atoms with E-state index >= 15 is 0 Å². The highest BCUT2D eigenvalue weighted by atomic mass is 15.2. The van der Waals surface area contributed by atoms with Gasteiger partial charge in [-0.1, -0.05) is 13.8 Å². The number of hydrogen-bond acceptors (Lipinski definition) is 2. The minimum atomic E-state index is 0.187. The molecule has 0 radical (unpaired) electrons. The van der Waals surface area contributed by atoms with Crippen LogP contribution in [0.1, 0.15) is 68.2 Å². The molecule has 0 N–H and O–H groups in total. The van der Waals surface area contributed by atoms with Crippen LogP contribution < -0.4 is 0 Å². The fraction of sp³-hybridized carbons (Fsp3) is 1.00. The SMILES string of the molecule is CC(C)CC(C)(C)N(C)C(C)(C)CC(C)(C)N(C)C. The summed E-state index contributed by atoms with van der Waals surface area (Å²) < 4.78 is 0. The Labute approximate surface area is 122 Å². The molecule has 0 aromatic carbocycles. The normalized spacial score (nSPS) is 14.8. The van der Waals surface area contributed by atoms with Crippen LogP contribution in [0.5, 0.6) is 0 Å². The van der Waals surface area contributed by atoms with E-state index in [-0.39, 0.29) is 16.6 Å². The Balaban J connectivity index is 5.00. The monoisotopic (exact) mass is 270 g/mol. The summed E-state index contributed by atoms with van der Waals surface area (Å²) in [6.45, 7) is 18.8. The Morgan fingerprint density at radius 2 is 1.16 bits per heavy atom. The predicted molar refractivity (Wildman–Crippen MR) is 87.8 cm³/mol. The van der Waals surface area contributed by atoms with Gasteiger partial charge in [0.15, 0.2) is 0 Å². The second-order valence-electron chi connectivity index (χ2n) is 8.67. The highest BCUT2D eigenvalue weighted by Gasteiger charge is 2.39. The maximum atomic E-state index is 2.57. The lowest BCUT2D eigenvalue weighted by molar-refractivity contribution is -0.00318. The molecule has 0 fully saturated rings. The van der Waals surface area contributed by atoms with E-state index in [2.05, 4.69) is 86.3 Å². The summed E-state index contributed by atoms with van der Waals surface area (Å²) >= 11 is 0. The van der Waals surface area contributed by atoms with Gasteiger partial charge in [-0.05, 0) is 81.4 Å². The van der Waals surface area contributed by atoms with E-state index in [0.29, 0.717) is 0 Å². The molecule has 0 unspecified atom stereocenters. The second kappa shape index (κ2) is 6.13. The van der Waals surface area contributed by atoms with E-state index < -0.39 is 0 Å². The first-order chi connectivity index (χ1) is 8.22. The highest BCUT2D eigenvalue weighted by molar-refractivity contribution is 4.96. The first kappa shape index (κ1) is 18.9. The van der Waals surface area contributed by atoms with Gasteiger partial charge in [0, 0.05) is 16.6 Å². The van der Waals surface area contributed by atoms with Gasteiger partial charge in [-0.2, -0.15) is 0 Å². The molecule has 0 spiro atoms. The van der Waals surface area contributed by atoms with Gasteiger partial charge >= 0.3 is 0 Å². The van der Waals surface area contributed by atoms with Crippen molar-refractivity contribution in [1.29, 1.82) is 0 Å². The minimum Gasteiger partial charge on any atom is -0.304 e. The van der Waals surface area contributed by atoms with Crippen molar-refractivity contribution in [2.24, 2.45) is 5.92 Å². The summed E-state index contributed by atoms with van der Waals surface area (Å²) in [6.07, 6.45) is 2.39. The summed E-state index contributed by atoms with van der Waals surface area (Å²) in [5.74, 6) is 0.732. The smallest absolute Gasteiger partial charge is 0.0172 e. The van der Waals surface area contributed by atoms with E-state index in [1.165, 1.54) is 6.42 Å².